The summed E-state index contributed by atoms with van der Waals surface area (Å²) in [5.41, 5.74) is 0.431. The van der Waals surface area contributed by atoms with E-state index in [0.29, 0.717) is 17.9 Å². The Morgan fingerprint density at radius 3 is 2.46 bits per heavy atom. The molecule has 2 N–H and O–H groups in total. The highest BCUT2D eigenvalue weighted by molar-refractivity contribution is 6.34. The van der Waals surface area contributed by atoms with Crippen LogP contribution in [0.25, 0.3) is 0 Å². The van der Waals surface area contributed by atoms with Crippen molar-refractivity contribution in [3.63, 3.8) is 0 Å². The Balaban J connectivity index is 1.98. The fourth-order valence-corrected chi connectivity index (χ4v) is 2.72. The number of amides is 1. The monoisotopic (exact) mass is 375 g/mol. The van der Waals surface area contributed by atoms with E-state index in [0.717, 1.165) is 12.8 Å². The number of benzene rings is 2. The van der Waals surface area contributed by atoms with Gasteiger partial charge in [-0.1, -0.05) is 43.9 Å². The summed E-state index contributed by atoms with van der Waals surface area (Å²) in [6.07, 6.45) is 4.52. The minimum absolute atomic E-state index is 0.0714. The van der Waals surface area contributed by atoms with Crippen LogP contribution in [0.3, 0.4) is 0 Å². The maximum absolute atomic E-state index is 12.4. The van der Waals surface area contributed by atoms with Crippen LogP contribution in [0.15, 0.2) is 42.5 Å². The Morgan fingerprint density at radius 1 is 1.08 bits per heavy atom. The maximum atomic E-state index is 12.4. The number of ether oxygens (including phenoxy) is 1. The standard InChI is InChI=1S/C20H22ClNO4/c1-2-3-4-5-13-26-15-11-9-14(10-12-15)19(23)22-17-8-6-7-16(21)18(17)20(24)25/h6-12H,2-5,13H2,1H3,(H,22,23)(H,24,25). The van der Waals surface area contributed by atoms with Gasteiger partial charge in [0.15, 0.2) is 0 Å². The summed E-state index contributed by atoms with van der Waals surface area (Å²) >= 11 is 5.91. The summed E-state index contributed by atoms with van der Waals surface area (Å²) in [4.78, 5) is 23.7. The molecule has 0 aliphatic rings. The van der Waals surface area contributed by atoms with E-state index < -0.39 is 11.9 Å². The zero-order chi connectivity index (χ0) is 18.9. The average molecular weight is 376 g/mol. The average Bonchev–Trinajstić information content (AvgIpc) is 2.61. The van der Waals surface area contributed by atoms with Crippen LogP contribution in [-0.4, -0.2) is 23.6 Å². The first-order chi connectivity index (χ1) is 12.5. The smallest absolute Gasteiger partial charge is 0.339 e. The number of nitrogens with one attached hydrogen (secondary N) is 1. The second kappa shape index (κ2) is 9.82. The summed E-state index contributed by atoms with van der Waals surface area (Å²) < 4.78 is 5.65. The predicted molar refractivity (Wildman–Crippen MR) is 102 cm³/mol. The van der Waals surface area contributed by atoms with E-state index >= 15 is 0 Å². The number of halogens is 1. The van der Waals surface area contributed by atoms with Gasteiger partial charge in [0, 0.05) is 5.56 Å². The predicted octanol–water partition coefficient (Wildman–Crippen LogP) is 5.25. The SMILES string of the molecule is CCCCCCOc1ccc(C(=O)Nc2cccc(Cl)c2C(=O)O)cc1. The van der Waals surface area contributed by atoms with Gasteiger partial charge in [0.1, 0.15) is 11.3 Å². The van der Waals surface area contributed by atoms with Crippen molar-refractivity contribution in [2.24, 2.45) is 0 Å². The first-order valence-electron chi connectivity index (χ1n) is 8.59. The molecule has 2 aromatic rings. The number of carbonyl (C=O) groups excluding carboxylic acids is 1. The fraction of sp³-hybridized carbons (Fsp3) is 0.300. The topological polar surface area (TPSA) is 75.6 Å². The number of hydrogen-bond acceptors (Lipinski definition) is 3. The van der Waals surface area contributed by atoms with Crippen molar-refractivity contribution in [1.82, 2.24) is 0 Å². The van der Waals surface area contributed by atoms with Gasteiger partial charge in [-0.2, -0.15) is 0 Å². The number of hydrogen-bond donors (Lipinski definition) is 2. The third-order valence-electron chi connectivity index (χ3n) is 3.86. The summed E-state index contributed by atoms with van der Waals surface area (Å²) in [6.45, 7) is 2.81. The van der Waals surface area contributed by atoms with E-state index in [-0.39, 0.29) is 16.3 Å². The number of rotatable bonds is 9. The second-order valence-electron chi connectivity index (χ2n) is 5.86. The van der Waals surface area contributed by atoms with Crippen LogP contribution in [-0.2, 0) is 0 Å². The molecule has 0 aromatic heterocycles. The molecule has 0 atom stereocenters. The van der Waals surface area contributed by atoms with E-state index in [9.17, 15) is 14.7 Å². The summed E-state index contributed by atoms with van der Waals surface area (Å²) in [6, 6.07) is 11.3. The molecule has 2 rings (SSSR count). The molecule has 1 amide bonds. The maximum Gasteiger partial charge on any atom is 0.339 e. The number of carboxylic acid groups (broad SMARTS) is 1. The van der Waals surface area contributed by atoms with E-state index in [2.05, 4.69) is 12.2 Å². The minimum atomic E-state index is -1.20. The number of anilines is 1. The highest BCUT2D eigenvalue weighted by Crippen LogP contribution is 2.25. The molecule has 6 heteroatoms. The first-order valence-corrected chi connectivity index (χ1v) is 8.96. The van der Waals surface area contributed by atoms with Crippen LogP contribution in [0.5, 0.6) is 5.75 Å². The van der Waals surface area contributed by atoms with Gasteiger partial charge >= 0.3 is 5.97 Å². The van der Waals surface area contributed by atoms with Gasteiger partial charge in [0.25, 0.3) is 5.91 Å². The Labute approximate surface area is 157 Å². The molecule has 0 fully saturated rings. The summed E-state index contributed by atoms with van der Waals surface area (Å²) in [7, 11) is 0. The zero-order valence-electron chi connectivity index (χ0n) is 14.6. The molecule has 2 aromatic carbocycles. The van der Waals surface area contributed by atoms with Gasteiger partial charge in [-0.15, -0.1) is 0 Å². The molecule has 5 nitrogen and oxygen atoms in total. The van der Waals surface area contributed by atoms with Crippen molar-refractivity contribution in [3.8, 4) is 5.75 Å². The molecule has 0 aliphatic carbocycles. The van der Waals surface area contributed by atoms with E-state index in [1.807, 2.05) is 0 Å². The second-order valence-corrected chi connectivity index (χ2v) is 6.26. The van der Waals surface area contributed by atoms with Crippen LogP contribution in [0.2, 0.25) is 5.02 Å². The molecule has 0 bridgehead atoms. The largest absolute Gasteiger partial charge is 0.494 e. The van der Waals surface area contributed by atoms with Crippen molar-refractivity contribution in [3.05, 3.63) is 58.6 Å². The lowest BCUT2D eigenvalue weighted by Crippen LogP contribution is -2.15. The molecule has 138 valence electrons. The van der Waals surface area contributed by atoms with Gasteiger partial charge in [0.2, 0.25) is 0 Å². The lowest BCUT2D eigenvalue weighted by atomic mass is 10.1. The molecular weight excluding hydrogens is 354 g/mol. The third kappa shape index (κ3) is 5.49. The third-order valence-corrected chi connectivity index (χ3v) is 4.17. The Hall–Kier alpha value is -2.53. The van der Waals surface area contributed by atoms with E-state index in [1.54, 1.807) is 30.3 Å². The van der Waals surface area contributed by atoms with Crippen LogP contribution >= 0.6 is 11.6 Å². The van der Waals surface area contributed by atoms with Crippen LogP contribution < -0.4 is 10.1 Å². The number of carbonyl (C=O) groups is 2. The van der Waals surface area contributed by atoms with Gasteiger partial charge < -0.3 is 15.2 Å². The van der Waals surface area contributed by atoms with Crippen molar-refractivity contribution in [1.29, 1.82) is 0 Å². The lowest BCUT2D eigenvalue weighted by Gasteiger charge is -2.10. The molecule has 0 heterocycles. The van der Waals surface area contributed by atoms with Gasteiger partial charge in [-0.05, 0) is 42.8 Å². The van der Waals surface area contributed by atoms with Gasteiger partial charge in [-0.25, -0.2) is 4.79 Å². The van der Waals surface area contributed by atoms with Crippen LogP contribution in [0.1, 0.15) is 53.3 Å². The van der Waals surface area contributed by atoms with Crippen molar-refractivity contribution >= 4 is 29.2 Å². The molecule has 0 unspecified atom stereocenters. The van der Waals surface area contributed by atoms with Crippen molar-refractivity contribution in [2.75, 3.05) is 11.9 Å². The normalized spacial score (nSPS) is 10.4. The molecule has 0 saturated carbocycles. The molecular formula is C20H22ClNO4. The quantitative estimate of drug-likeness (QED) is 0.587. The highest BCUT2D eigenvalue weighted by atomic mass is 35.5. The highest BCUT2D eigenvalue weighted by Gasteiger charge is 2.16. The summed E-state index contributed by atoms with van der Waals surface area (Å²) in [5.74, 6) is -0.908. The van der Waals surface area contributed by atoms with Crippen molar-refractivity contribution < 1.29 is 19.4 Å². The Kier molecular flexibility index (Phi) is 7.48. The molecule has 26 heavy (non-hydrogen) atoms. The van der Waals surface area contributed by atoms with Crippen LogP contribution in [0.4, 0.5) is 5.69 Å². The Morgan fingerprint density at radius 2 is 1.81 bits per heavy atom. The fourth-order valence-electron chi connectivity index (χ4n) is 2.46. The molecule has 0 spiro atoms. The van der Waals surface area contributed by atoms with Gasteiger partial charge in [0.05, 0.1) is 17.3 Å². The first kappa shape index (κ1) is 19.8. The number of carboxylic acids is 1. The lowest BCUT2D eigenvalue weighted by molar-refractivity contribution is 0.0698. The van der Waals surface area contributed by atoms with E-state index in [4.69, 9.17) is 16.3 Å². The molecule has 0 aliphatic heterocycles. The minimum Gasteiger partial charge on any atom is -0.494 e. The molecule has 0 radical (unpaired) electrons. The molecule has 0 saturated heterocycles. The summed E-state index contributed by atoms with van der Waals surface area (Å²) in [5, 5.41) is 11.9. The number of unbranched alkanes of at least 4 members (excludes halogenated alkanes) is 3. The Bertz CT molecular complexity index is 759. The zero-order valence-corrected chi connectivity index (χ0v) is 15.4. The van der Waals surface area contributed by atoms with Crippen LogP contribution in [0, 0.1) is 0 Å². The number of aromatic carboxylic acids is 1. The van der Waals surface area contributed by atoms with Crippen molar-refractivity contribution in [2.45, 2.75) is 32.6 Å². The van der Waals surface area contributed by atoms with E-state index in [1.165, 1.54) is 25.0 Å². The van der Waals surface area contributed by atoms with Gasteiger partial charge in [-0.3, -0.25) is 4.79 Å².